The molecule has 2 aromatic heterocycles. The first kappa shape index (κ1) is 13.5. The van der Waals surface area contributed by atoms with E-state index < -0.39 is 0 Å². The van der Waals surface area contributed by atoms with Crippen LogP contribution in [0.5, 0.6) is 0 Å². The summed E-state index contributed by atoms with van der Waals surface area (Å²) in [5.41, 5.74) is 2.00. The van der Waals surface area contributed by atoms with Crippen LogP contribution in [0.3, 0.4) is 0 Å². The van der Waals surface area contributed by atoms with Crippen LogP contribution in [-0.4, -0.2) is 15.9 Å². The fourth-order valence-corrected chi connectivity index (χ4v) is 2.29. The van der Waals surface area contributed by atoms with Crippen molar-refractivity contribution < 1.29 is 4.79 Å². The molecular weight excluding hydrogens is 286 g/mol. The van der Waals surface area contributed by atoms with Crippen LogP contribution in [0.2, 0.25) is 5.02 Å². The molecule has 0 saturated carbocycles. The van der Waals surface area contributed by atoms with Gasteiger partial charge in [0.1, 0.15) is 5.69 Å². The average molecular weight is 298 g/mol. The molecule has 0 aliphatic rings. The van der Waals surface area contributed by atoms with Crippen molar-refractivity contribution in [1.82, 2.24) is 15.3 Å². The molecule has 0 aliphatic heterocycles. The van der Waals surface area contributed by atoms with Gasteiger partial charge in [0, 0.05) is 24.3 Å². The van der Waals surface area contributed by atoms with E-state index in [2.05, 4.69) is 15.3 Å². The fraction of sp³-hybridized carbons (Fsp3) is 0.0625. The number of carbonyl (C=O) groups excluding carboxylic acids is 1. The number of para-hydroxylation sites is 1. The Kier molecular flexibility index (Phi) is 3.79. The third-order valence-electron chi connectivity index (χ3n) is 3.10. The van der Waals surface area contributed by atoms with E-state index in [1.807, 2.05) is 36.4 Å². The third kappa shape index (κ3) is 3.01. The number of hydrogen-bond acceptors (Lipinski definition) is 3. The number of fused-ring (bicyclic) bond motifs is 1. The highest BCUT2D eigenvalue weighted by molar-refractivity contribution is 6.35. The first-order chi connectivity index (χ1) is 10.2. The second kappa shape index (κ2) is 5.89. The fourth-order valence-electron chi connectivity index (χ4n) is 2.02. The molecule has 5 heteroatoms. The summed E-state index contributed by atoms with van der Waals surface area (Å²) in [5, 5.41) is 4.18. The van der Waals surface area contributed by atoms with Crippen molar-refractivity contribution in [2.45, 2.75) is 6.54 Å². The minimum Gasteiger partial charge on any atom is -0.347 e. The van der Waals surface area contributed by atoms with Crippen LogP contribution < -0.4 is 5.32 Å². The summed E-state index contributed by atoms with van der Waals surface area (Å²) in [4.78, 5) is 20.4. The van der Waals surface area contributed by atoms with E-state index in [9.17, 15) is 4.79 Å². The van der Waals surface area contributed by atoms with Gasteiger partial charge in [-0.2, -0.15) is 0 Å². The summed E-state index contributed by atoms with van der Waals surface area (Å²) in [6.07, 6.45) is 3.37. The number of rotatable bonds is 3. The first-order valence-corrected chi connectivity index (χ1v) is 6.84. The molecule has 0 bridgehead atoms. The summed E-state index contributed by atoms with van der Waals surface area (Å²) in [7, 11) is 0. The summed E-state index contributed by atoms with van der Waals surface area (Å²) >= 11 is 6.20. The maximum atomic E-state index is 12.2. The Morgan fingerprint density at radius 3 is 2.71 bits per heavy atom. The van der Waals surface area contributed by atoms with Gasteiger partial charge in [0.15, 0.2) is 0 Å². The largest absolute Gasteiger partial charge is 0.347 e. The van der Waals surface area contributed by atoms with Gasteiger partial charge in [0.05, 0.1) is 10.5 Å². The van der Waals surface area contributed by atoms with Crippen molar-refractivity contribution in [3.8, 4) is 0 Å². The molecule has 0 fully saturated rings. The average Bonchev–Trinajstić information content (AvgIpc) is 2.53. The summed E-state index contributed by atoms with van der Waals surface area (Å²) < 4.78 is 0. The molecule has 0 radical (unpaired) electrons. The van der Waals surface area contributed by atoms with E-state index in [1.165, 1.54) is 0 Å². The number of nitrogens with zero attached hydrogens (tertiary/aromatic N) is 2. The normalized spacial score (nSPS) is 10.5. The van der Waals surface area contributed by atoms with Crippen LogP contribution in [-0.2, 0) is 6.54 Å². The number of amides is 1. The van der Waals surface area contributed by atoms with Crippen LogP contribution in [0, 0.1) is 0 Å². The van der Waals surface area contributed by atoms with Crippen LogP contribution in [0.1, 0.15) is 16.1 Å². The quantitative estimate of drug-likeness (QED) is 0.807. The molecule has 21 heavy (non-hydrogen) atoms. The van der Waals surface area contributed by atoms with Crippen molar-refractivity contribution in [3.63, 3.8) is 0 Å². The molecule has 104 valence electrons. The van der Waals surface area contributed by atoms with Crippen molar-refractivity contribution in [1.29, 1.82) is 0 Å². The van der Waals surface area contributed by atoms with E-state index >= 15 is 0 Å². The lowest BCUT2D eigenvalue weighted by Gasteiger charge is -2.07. The van der Waals surface area contributed by atoms with Crippen LogP contribution >= 0.6 is 11.6 Å². The molecule has 0 unspecified atom stereocenters. The van der Waals surface area contributed by atoms with Crippen LogP contribution in [0.4, 0.5) is 0 Å². The smallest absolute Gasteiger partial charge is 0.270 e. The Bertz CT molecular complexity index is 790. The number of aromatic nitrogens is 2. The van der Waals surface area contributed by atoms with Crippen LogP contribution in [0.15, 0.2) is 54.9 Å². The Morgan fingerprint density at radius 1 is 1.14 bits per heavy atom. The Labute approximate surface area is 126 Å². The molecule has 1 aromatic carbocycles. The molecule has 1 amide bonds. The number of halogens is 1. The maximum Gasteiger partial charge on any atom is 0.270 e. The van der Waals surface area contributed by atoms with Gasteiger partial charge in [-0.1, -0.05) is 29.8 Å². The molecule has 0 spiro atoms. The predicted molar refractivity (Wildman–Crippen MR) is 82.2 cm³/mol. The van der Waals surface area contributed by atoms with E-state index in [-0.39, 0.29) is 5.91 Å². The zero-order valence-corrected chi connectivity index (χ0v) is 11.8. The summed E-state index contributed by atoms with van der Waals surface area (Å²) in [6, 6.07) is 12.8. The molecule has 0 saturated heterocycles. The molecule has 2 heterocycles. The second-order valence-electron chi connectivity index (χ2n) is 4.54. The van der Waals surface area contributed by atoms with Gasteiger partial charge < -0.3 is 5.32 Å². The van der Waals surface area contributed by atoms with Gasteiger partial charge in [-0.3, -0.25) is 9.78 Å². The van der Waals surface area contributed by atoms with Gasteiger partial charge in [-0.25, -0.2) is 4.98 Å². The lowest BCUT2D eigenvalue weighted by atomic mass is 10.2. The lowest BCUT2D eigenvalue weighted by Crippen LogP contribution is -2.23. The van der Waals surface area contributed by atoms with E-state index in [1.54, 1.807) is 18.5 Å². The van der Waals surface area contributed by atoms with E-state index in [0.717, 1.165) is 10.9 Å². The highest BCUT2D eigenvalue weighted by atomic mass is 35.5. The molecule has 0 atom stereocenters. The predicted octanol–water partition coefficient (Wildman–Crippen LogP) is 3.21. The zero-order chi connectivity index (χ0) is 14.7. The SMILES string of the molecule is O=C(NCc1ccncc1)c1cc(Cl)c2ccccc2n1. The molecule has 0 aliphatic carbocycles. The Morgan fingerprint density at radius 2 is 1.90 bits per heavy atom. The van der Waals surface area contributed by atoms with Crippen molar-refractivity contribution in [2.24, 2.45) is 0 Å². The van der Waals surface area contributed by atoms with Crippen molar-refractivity contribution in [3.05, 3.63) is 71.1 Å². The number of nitrogens with one attached hydrogen (secondary N) is 1. The van der Waals surface area contributed by atoms with E-state index in [0.29, 0.717) is 22.8 Å². The first-order valence-electron chi connectivity index (χ1n) is 6.46. The lowest BCUT2D eigenvalue weighted by molar-refractivity contribution is 0.0946. The minimum absolute atomic E-state index is 0.250. The van der Waals surface area contributed by atoms with Gasteiger partial charge in [-0.15, -0.1) is 0 Å². The monoisotopic (exact) mass is 297 g/mol. The highest BCUT2D eigenvalue weighted by Gasteiger charge is 2.10. The van der Waals surface area contributed by atoms with Crippen LogP contribution in [0.25, 0.3) is 10.9 Å². The van der Waals surface area contributed by atoms with Gasteiger partial charge in [0.2, 0.25) is 0 Å². The zero-order valence-electron chi connectivity index (χ0n) is 11.1. The molecule has 4 nitrogen and oxygen atoms in total. The highest BCUT2D eigenvalue weighted by Crippen LogP contribution is 2.22. The Hall–Kier alpha value is -2.46. The molecule has 1 N–H and O–H groups in total. The number of pyridine rings is 2. The van der Waals surface area contributed by atoms with Crippen molar-refractivity contribution >= 4 is 28.4 Å². The molecular formula is C16H12ClN3O. The maximum absolute atomic E-state index is 12.2. The third-order valence-corrected chi connectivity index (χ3v) is 3.41. The number of carbonyl (C=O) groups is 1. The number of hydrogen-bond donors (Lipinski definition) is 1. The van der Waals surface area contributed by atoms with Gasteiger partial charge >= 0.3 is 0 Å². The van der Waals surface area contributed by atoms with Gasteiger partial charge in [0.25, 0.3) is 5.91 Å². The molecule has 3 rings (SSSR count). The second-order valence-corrected chi connectivity index (χ2v) is 4.95. The Balaban J connectivity index is 1.81. The number of benzene rings is 1. The van der Waals surface area contributed by atoms with E-state index in [4.69, 9.17) is 11.6 Å². The topological polar surface area (TPSA) is 54.9 Å². The van der Waals surface area contributed by atoms with Crippen molar-refractivity contribution in [2.75, 3.05) is 0 Å². The molecule has 3 aromatic rings. The standard InChI is InChI=1S/C16H12ClN3O/c17-13-9-15(20-14-4-2-1-3-12(13)14)16(21)19-10-11-5-7-18-8-6-11/h1-9H,10H2,(H,19,21). The summed E-state index contributed by atoms with van der Waals surface area (Å²) in [6.45, 7) is 0.424. The minimum atomic E-state index is -0.250. The van der Waals surface area contributed by atoms with Gasteiger partial charge in [-0.05, 0) is 29.8 Å². The summed E-state index contributed by atoms with van der Waals surface area (Å²) in [5.74, 6) is -0.250.